The Kier molecular flexibility index (Phi) is 4.94. The predicted octanol–water partition coefficient (Wildman–Crippen LogP) is 2.51. The highest BCUT2D eigenvalue weighted by Crippen LogP contribution is 2.28. The summed E-state index contributed by atoms with van der Waals surface area (Å²) in [6, 6.07) is 6.16. The number of carbonyl (C=O) groups excluding carboxylic acids is 1. The maximum absolute atomic E-state index is 14.1. The van der Waals surface area contributed by atoms with Gasteiger partial charge in [0, 0.05) is 18.1 Å². The van der Waals surface area contributed by atoms with Gasteiger partial charge in [0.05, 0.1) is 16.9 Å². The molecule has 0 atom stereocenters. The average Bonchev–Trinajstić information content (AvgIpc) is 3.02. The number of carboxylic acids is 1. The van der Waals surface area contributed by atoms with Gasteiger partial charge in [0.25, 0.3) is 10.0 Å². The van der Waals surface area contributed by atoms with E-state index >= 15 is 0 Å². The van der Waals surface area contributed by atoms with E-state index in [-0.39, 0.29) is 22.9 Å². The molecular weight excluding hydrogens is 401 g/mol. The molecule has 11 heteroatoms. The zero-order chi connectivity index (χ0) is 19.8. The van der Waals surface area contributed by atoms with E-state index in [1.165, 1.54) is 12.1 Å². The molecule has 1 heterocycles. The molecule has 0 unspecified atom stereocenters. The first-order valence-corrected chi connectivity index (χ1v) is 9.46. The maximum Gasteiger partial charge on any atom is 0.337 e. The number of benzene rings is 2. The van der Waals surface area contributed by atoms with Gasteiger partial charge in [0.2, 0.25) is 0 Å². The van der Waals surface area contributed by atoms with Gasteiger partial charge in [0.1, 0.15) is 10.7 Å². The van der Waals surface area contributed by atoms with Crippen LogP contribution in [0.4, 0.5) is 20.6 Å². The second-order valence-corrected chi connectivity index (χ2v) is 7.69. The number of aromatic carboxylic acids is 1. The van der Waals surface area contributed by atoms with E-state index in [4.69, 9.17) is 11.6 Å². The van der Waals surface area contributed by atoms with Crippen LogP contribution in [0.25, 0.3) is 0 Å². The third-order valence-corrected chi connectivity index (χ3v) is 5.48. The highest BCUT2D eigenvalue weighted by atomic mass is 35.5. The smallest absolute Gasteiger partial charge is 0.337 e. The summed E-state index contributed by atoms with van der Waals surface area (Å²) >= 11 is 5.73. The number of rotatable bonds is 5. The largest absolute Gasteiger partial charge is 0.478 e. The molecule has 2 aromatic carbocycles. The van der Waals surface area contributed by atoms with Gasteiger partial charge in [-0.15, -0.1) is 0 Å². The number of nitrogens with zero attached hydrogens (tertiary/aromatic N) is 1. The van der Waals surface area contributed by atoms with Crippen molar-refractivity contribution in [3.8, 4) is 0 Å². The van der Waals surface area contributed by atoms with E-state index in [2.05, 4.69) is 10.0 Å². The Morgan fingerprint density at radius 2 is 2.00 bits per heavy atom. The summed E-state index contributed by atoms with van der Waals surface area (Å²) in [5, 5.41) is 11.8. The summed E-state index contributed by atoms with van der Waals surface area (Å²) in [6.45, 7) is 0.563. The minimum atomic E-state index is -4.30. The van der Waals surface area contributed by atoms with Gasteiger partial charge in [-0.05, 0) is 36.4 Å². The monoisotopic (exact) mass is 413 g/mol. The lowest BCUT2D eigenvalue weighted by Crippen LogP contribution is -2.28. The number of hydrogen-bond acceptors (Lipinski definition) is 4. The average molecular weight is 414 g/mol. The van der Waals surface area contributed by atoms with Crippen LogP contribution in [0.5, 0.6) is 0 Å². The molecule has 2 amide bonds. The van der Waals surface area contributed by atoms with Gasteiger partial charge in [-0.1, -0.05) is 11.6 Å². The molecule has 8 nitrogen and oxygen atoms in total. The molecule has 3 rings (SSSR count). The first kappa shape index (κ1) is 18.9. The van der Waals surface area contributed by atoms with Crippen LogP contribution in [0.2, 0.25) is 5.02 Å². The summed E-state index contributed by atoms with van der Waals surface area (Å²) in [7, 11) is -4.30. The second-order valence-electron chi connectivity index (χ2n) is 5.60. The van der Waals surface area contributed by atoms with Crippen molar-refractivity contribution in [3.63, 3.8) is 0 Å². The Balaban J connectivity index is 1.98. The van der Waals surface area contributed by atoms with Crippen LogP contribution in [0, 0.1) is 5.82 Å². The Morgan fingerprint density at radius 1 is 1.26 bits per heavy atom. The van der Waals surface area contributed by atoms with Crippen LogP contribution in [0.3, 0.4) is 0 Å². The molecule has 142 valence electrons. The molecule has 1 aliphatic rings. The van der Waals surface area contributed by atoms with Crippen molar-refractivity contribution in [2.45, 2.75) is 4.90 Å². The van der Waals surface area contributed by atoms with E-state index in [1.54, 1.807) is 0 Å². The SMILES string of the molecule is O=C(O)c1cc(Cl)ccc1S(=O)(=O)Nc1ccc(F)c(N2CCNC2=O)c1. The molecule has 0 aliphatic carbocycles. The fraction of sp³-hybridized carbons (Fsp3) is 0.125. The summed E-state index contributed by atoms with van der Waals surface area (Å²) in [5.41, 5.74) is -0.631. The van der Waals surface area contributed by atoms with Crippen molar-refractivity contribution in [3.05, 3.63) is 52.8 Å². The van der Waals surface area contributed by atoms with Crippen molar-refractivity contribution in [2.24, 2.45) is 0 Å². The number of nitrogens with one attached hydrogen (secondary N) is 2. The van der Waals surface area contributed by atoms with Crippen molar-refractivity contribution in [1.82, 2.24) is 5.32 Å². The Hall–Kier alpha value is -2.85. The molecular formula is C16H13ClFN3O5S. The molecule has 1 saturated heterocycles. The predicted molar refractivity (Wildman–Crippen MR) is 96.4 cm³/mol. The first-order chi connectivity index (χ1) is 12.7. The van der Waals surface area contributed by atoms with Crippen LogP contribution >= 0.6 is 11.6 Å². The van der Waals surface area contributed by atoms with E-state index in [9.17, 15) is 27.5 Å². The van der Waals surface area contributed by atoms with Crippen molar-refractivity contribution in [2.75, 3.05) is 22.7 Å². The number of halogens is 2. The van der Waals surface area contributed by atoms with E-state index in [1.807, 2.05) is 0 Å². The Morgan fingerprint density at radius 3 is 2.63 bits per heavy atom. The van der Waals surface area contributed by atoms with Gasteiger partial charge >= 0.3 is 12.0 Å². The van der Waals surface area contributed by atoms with Gasteiger partial charge in [0.15, 0.2) is 0 Å². The minimum Gasteiger partial charge on any atom is -0.478 e. The van der Waals surface area contributed by atoms with Gasteiger partial charge in [-0.25, -0.2) is 22.4 Å². The van der Waals surface area contributed by atoms with Crippen LogP contribution in [0.15, 0.2) is 41.3 Å². The first-order valence-electron chi connectivity index (χ1n) is 7.59. The lowest BCUT2D eigenvalue weighted by molar-refractivity contribution is 0.0692. The van der Waals surface area contributed by atoms with Gasteiger partial charge in [-0.2, -0.15) is 0 Å². The van der Waals surface area contributed by atoms with E-state index < -0.39 is 38.3 Å². The fourth-order valence-electron chi connectivity index (χ4n) is 2.60. The number of carboxylic acid groups (broad SMARTS) is 1. The van der Waals surface area contributed by atoms with Crippen LogP contribution < -0.4 is 14.9 Å². The number of urea groups is 1. The molecule has 1 fully saturated rings. The molecule has 1 aliphatic heterocycles. The Bertz CT molecular complexity index is 1040. The third kappa shape index (κ3) is 3.81. The fourth-order valence-corrected chi connectivity index (χ4v) is 4.00. The number of sulfonamides is 1. The van der Waals surface area contributed by atoms with Crippen molar-refractivity contribution in [1.29, 1.82) is 0 Å². The molecule has 2 aromatic rings. The molecule has 0 saturated carbocycles. The summed E-state index contributed by atoms with van der Waals surface area (Å²) < 4.78 is 41.5. The summed E-state index contributed by atoms with van der Waals surface area (Å²) in [5.74, 6) is -2.17. The lowest BCUT2D eigenvalue weighted by Gasteiger charge is -2.17. The molecule has 0 spiro atoms. The van der Waals surface area contributed by atoms with Gasteiger partial charge in [-0.3, -0.25) is 9.62 Å². The topological polar surface area (TPSA) is 116 Å². The molecule has 0 bridgehead atoms. The summed E-state index contributed by atoms with van der Waals surface area (Å²) in [4.78, 5) is 23.7. The second kappa shape index (κ2) is 7.05. The zero-order valence-electron chi connectivity index (χ0n) is 13.6. The molecule has 27 heavy (non-hydrogen) atoms. The zero-order valence-corrected chi connectivity index (χ0v) is 15.1. The molecule has 3 N–H and O–H groups in total. The number of anilines is 2. The van der Waals surface area contributed by atoms with E-state index in [0.717, 1.165) is 29.2 Å². The minimum absolute atomic E-state index is 0.0302. The quantitative estimate of drug-likeness (QED) is 0.696. The van der Waals surface area contributed by atoms with Crippen molar-refractivity contribution >= 4 is 45.0 Å². The number of carbonyl (C=O) groups is 2. The summed E-state index contributed by atoms with van der Waals surface area (Å²) in [6.07, 6.45) is 0. The molecule has 0 aromatic heterocycles. The van der Waals surface area contributed by atoms with Crippen LogP contribution in [-0.4, -0.2) is 38.6 Å². The lowest BCUT2D eigenvalue weighted by atomic mass is 10.2. The third-order valence-electron chi connectivity index (χ3n) is 3.81. The van der Waals surface area contributed by atoms with Crippen LogP contribution in [0.1, 0.15) is 10.4 Å². The standard InChI is InChI=1S/C16H13ClFN3O5S/c17-9-1-4-14(11(7-9)15(22)23)27(25,26)20-10-2-3-12(18)13(8-10)21-6-5-19-16(21)24/h1-4,7-8,20H,5-6H2,(H,19,24)(H,22,23). The number of hydrogen-bond donors (Lipinski definition) is 3. The Labute approximate surface area is 158 Å². The van der Waals surface area contributed by atoms with Gasteiger partial charge < -0.3 is 10.4 Å². The normalized spacial score (nSPS) is 14.1. The highest BCUT2D eigenvalue weighted by Gasteiger charge is 2.26. The molecule has 0 radical (unpaired) electrons. The highest BCUT2D eigenvalue weighted by molar-refractivity contribution is 7.92. The van der Waals surface area contributed by atoms with E-state index in [0.29, 0.717) is 6.54 Å². The number of amides is 2. The van der Waals surface area contributed by atoms with Crippen molar-refractivity contribution < 1.29 is 27.5 Å². The maximum atomic E-state index is 14.1. The van der Waals surface area contributed by atoms with Crippen LogP contribution in [-0.2, 0) is 10.0 Å².